The number of nitrogens with zero attached hydrogens (tertiary/aromatic N) is 1. The summed E-state index contributed by atoms with van der Waals surface area (Å²) in [5.41, 5.74) is 3.19. The number of aliphatic hydroxyl groups is 1. The molecule has 0 radical (unpaired) electrons. The van der Waals surface area contributed by atoms with E-state index in [9.17, 15) is 5.11 Å². The lowest BCUT2D eigenvalue weighted by molar-refractivity contribution is 0.105. The zero-order valence-corrected chi connectivity index (χ0v) is 17.5. The maximum atomic E-state index is 9.57. The molecule has 0 amide bonds. The van der Waals surface area contributed by atoms with Crippen molar-refractivity contribution in [3.63, 3.8) is 0 Å². The molecule has 2 unspecified atom stereocenters. The highest BCUT2D eigenvalue weighted by atomic mass is 16.3. The van der Waals surface area contributed by atoms with E-state index in [4.69, 9.17) is 0 Å². The number of hydrogen-bond acceptors (Lipinski definition) is 3. The van der Waals surface area contributed by atoms with Crippen molar-refractivity contribution in [1.29, 1.82) is 0 Å². The molecule has 2 N–H and O–H groups in total. The fourth-order valence-electron chi connectivity index (χ4n) is 5.28. The molecular formula is C24H40N2O. The van der Waals surface area contributed by atoms with Gasteiger partial charge in [0.2, 0.25) is 0 Å². The number of aliphatic hydroxyl groups excluding tert-OH is 1. The fraction of sp³-hybridized carbons (Fsp3) is 0.750. The highest BCUT2D eigenvalue weighted by Crippen LogP contribution is 2.41. The van der Waals surface area contributed by atoms with E-state index in [0.29, 0.717) is 12.0 Å². The molecule has 1 heterocycles. The van der Waals surface area contributed by atoms with Gasteiger partial charge in [-0.3, -0.25) is 4.90 Å². The van der Waals surface area contributed by atoms with E-state index in [-0.39, 0.29) is 12.6 Å². The molecule has 1 fully saturated rings. The molecule has 1 aromatic carbocycles. The first-order valence-corrected chi connectivity index (χ1v) is 11.3. The number of benzene rings is 1. The van der Waals surface area contributed by atoms with Gasteiger partial charge in [0.15, 0.2) is 0 Å². The number of hydrogen-bond donors (Lipinski definition) is 2. The summed E-state index contributed by atoms with van der Waals surface area (Å²) in [6.07, 6.45) is 10.5. The van der Waals surface area contributed by atoms with Gasteiger partial charge in [0.05, 0.1) is 6.61 Å². The Morgan fingerprint density at radius 2 is 1.93 bits per heavy atom. The Bertz CT molecular complexity index is 553. The van der Waals surface area contributed by atoms with Gasteiger partial charge >= 0.3 is 0 Å². The molecule has 152 valence electrons. The zero-order valence-electron chi connectivity index (χ0n) is 17.5. The van der Waals surface area contributed by atoms with Crippen molar-refractivity contribution in [2.45, 2.75) is 77.3 Å². The van der Waals surface area contributed by atoms with Crippen molar-refractivity contribution < 1.29 is 5.11 Å². The molecule has 3 rings (SSSR count). The lowest BCUT2D eigenvalue weighted by Gasteiger charge is -2.43. The standard InChI is InChI=1S/C24H40N2O/c1-19(2)17-22(18-27)25-14-8-15-26-16-13-20-9-6-7-12-23(20)24(26)21-10-4-3-5-11-21/h6-7,9,12,19,21-22,24-25,27H,3-5,8,10-11,13-18H2,1-2H3. The van der Waals surface area contributed by atoms with Crippen LogP contribution in [-0.2, 0) is 6.42 Å². The molecule has 1 saturated carbocycles. The Kier molecular flexibility index (Phi) is 8.17. The van der Waals surface area contributed by atoms with E-state index < -0.39 is 0 Å². The minimum absolute atomic E-state index is 0.250. The van der Waals surface area contributed by atoms with Gasteiger partial charge in [-0.1, -0.05) is 57.4 Å². The minimum Gasteiger partial charge on any atom is -0.395 e. The molecular weight excluding hydrogens is 332 g/mol. The van der Waals surface area contributed by atoms with Gasteiger partial charge in [0.1, 0.15) is 0 Å². The predicted octanol–water partition coefficient (Wildman–Crippen LogP) is 4.55. The Labute approximate surface area is 166 Å². The number of nitrogens with one attached hydrogen (secondary N) is 1. The summed E-state index contributed by atoms with van der Waals surface area (Å²) >= 11 is 0. The van der Waals surface area contributed by atoms with Crippen LogP contribution in [0.3, 0.4) is 0 Å². The maximum Gasteiger partial charge on any atom is 0.0584 e. The summed E-state index contributed by atoms with van der Waals surface area (Å²) in [6, 6.07) is 10.1. The van der Waals surface area contributed by atoms with Crippen LogP contribution in [0.15, 0.2) is 24.3 Å². The monoisotopic (exact) mass is 372 g/mol. The van der Waals surface area contributed by atoms with Gasteiger partial charge in [0, 0.05) is 18.6 Å². The lowest BCUT2D eigenvalue weighted by Crippen LogP contribution is -2.42. The van der Waals surface area contributed by atoms with E-state index in [0.717, 1.165) is 18.9 Å². The normalized spacial score (nSPS) is 22.7. The molecule has 0 aromatic heterocycles. The van der Waals surface area contributed by atoms with Gasteiger partial charge in [-0.25, -0.2) is 0 Å². The van der Waals surface area contributed by atoms with Gasteiger partial charge in [0.25, 0.3) is 0 Å². The Morgan fingerprint density at radius 1 is 1.15 bits per heavy atom. The Balaban J connectivity index is 1.58. The van der Waals surface area contributed by atoms with E-state index in [1.165, 1.54) is 58.0 Å². The minimum atomic E-state index is 0.250. The second kappa shape index (κ2) is 10.6. The Hall–Kier alpha value is -0.900. The summed E-state index contributed by atoms with van der Waals surface area (Å²) in [5.74, 6) is 1.46. The van der Waals surface area contributed by atoms with E-state index in [1.54, 1.807) is 11.1 Å². The molecule has 1 aliphatic carbocycles. The van der Waals surface area contributed by atoms with Crippen molar-refractivity contribution >= 4 is 0 Å². The highest BCUT2D eigenvalue weighted by Gasteiger charge is 2.33. The molecule has 0 spiro atoms. The molecule has 0 saturated heterocycles. The molecule has 1 aromatic rings. The van der Waals surface area contributed by atoms with Crippen LogP contribution in [0, 0.1) is 11.8 Å². The van der Waals surface area contributed by atoms with Crippen molar-refractivity contribution in [3.05, 3.63) is 35.4 Å². The maximum absolute atomic E-state index is 9.57. The number of fused-ring (bicyclic) bond motifs is 1. The highest BCUT2D eigenvalue weighted by molar-refractivity contribution is 5.33. The van der Waals surface area contributed by atoms with Crippen molar-refractivity contribution in [2.24, 2.45) is 11.8 Å². The predicted molar refractivity (Wildman–Crippen MR) is 114 cm³/mol. The molecule has 2 atom stereocenters. The van der Waals surface area contributed by atoms with Crippen LogP contribution in [-0.4, -0.2) is 42.3 Å². The van der Waals surface area contributed by atoms with Crippen molar-refractivity contribution in [2.75, 3.05) is 26.2 Å². The van der Waals surface area contributed by atoms with Crippen molar-refractivity contribution in [3.8, 4) is 0 Å². The number of rotatable bonds is 9. The van der Waals surface area contributed by atoms with E-state index in [1.807, 2.05) is 0 Å². The molecule has 3 heteroatoms. The van der Waals surface area contributed by atoms with Crippen LogP contribution in [0.25, 0.3) is 0 Å². The van der Waals surface area contributed by atoms with Crippen LogP contribution < -0.4 is 5.32 Å². The quantitative estimate of drug-likeness (QED) is 0.624. The van der Waals surface area contributed by atoms with E-state index >= 15 is 0 Å². The average molecular weight is 373 g/mol. The fourth-order valence-corrected chi connectivity index (χ4v) is 5.28. The molecule has 2 aliphatic rings. The molecule has 3 nitrogen and oxygen atoms in total. The zero-order chi connectivity index (χ0) is 19.1. The molecule has 1 aliphatic heterocycles. The van der Waals surface area contributed by atoms with Crippen LogP contribution in [0.4, 0.5) is 0 Å². The van der Waals surface area contributed by atoms with Gasteiger partial charge in [-0.15, -0.1) is 0 Å². The van der Waals surface area contributed by atoms with Crippen LogP contribution >= 0.6 is 0 Å². The first-order valence-electron chi connectivity index (χ1n) is 11.3. The van der Waals surface area contributed by atoms with Crippen LogP contribution in [0.1, 0.15) is 76.0 Å². The second-order valence-corrected chi connectivity index (χ2v) is 9.14. The third-order valence-electron chi connectivity index (χ3n) is 6.56. The average Bonchev–Trinajstić information content (AvgIpc) is 2.70. The van der Waals surface area contributed by atoms with Gasteiger partial charge in [-0.2, -0.15) is 0 Å². The van der Waals surface area contributed by atoms with Gasteiger partial charge in [-0.05, 0) is 68.2 Å². The second-order valence-electron chi connectivity index (χ2n) is 9.14. The summed E-state index contributed by atoms with van der Waals surface area (Å²) < 4.78 is 0. The largest absolute Gasteiger partial charge is 0.395 e. The first kappa shape index (κ1) is 20.8. The van der Waals surface area contributed by atoms with Crippen LogP contribution in [0.2, 0.25) is 0 Å². The van der Waals surface area contributed by atoms with E-state index in [2.05, 4.69) is 48.3 Å². The smallest absolute Gasteiger partial charge is 0.0584 e. The summed E-state index contributed by atoms with van der Waals surface area (Å²) in [5, 5.41) is 13.1. The topological polar surface area (TPSA) is 35.5 Å². The third kappa shape index (κ3) is 5.79. The van der Waals surface area contributed by atoms with Crippen molar-refractivity contribution in [1.82, 2.24) is 10.2 Å². The van der Waals surface area contributed by atoms with Gasteiger partial charge < -0.3 is 10.4 Å². The first-order chi connectivity index (χ1) is 13.2. The third-order valence-corrected chi connectivity index (χ3v) is 6.56. The SMILES string of the molecule is CC(C)CC(CO)NCCCN1CCc2ccccc2C1C1CCCCC1. The summed E-state index contributed by atoms with van der Waals surface area (Å²) in [4.78, 5) is 2.77. The summed E-state index contributed by atoms with van der Waals surface area (Å²) in [7, 11) is 0. The lowest BCUT2D eigenvalue weighted by atomic mass is 9.77. The van der Waals surface area contributed by atoms with Crippen LogP contribution in [0.5, 0.6) is 0 Å². The molecule has 0 bridgehead atoms. The molecule has 27 heavy (non-hydrogen) atoms. The Morgan fingerprint density at radius 3 is 2.67 bits per heavy atom. The summed E-state index contributed by atoms with van der Waals surface area (Å²) in [6.45, 7) is 8.08.